The maximum Gasteiger partial charge on any atom is 0.130 e. The Morgan fingerprint density at radius 1 is 1.30 bits per heavy atom. The Labute approximate surface area is 123 Å². The summed E-state index contributed by atoms with van der Waals surface area (Å²) >= 11 is 0. The molecule has 112 valence electrons. The molecule has 0 bridgehead atoms. The van der Waals surface area contributed by atoms with Gasteiger partial charge in [-0.3, -0.25) is 0 Å². The fourth-order valence-electron chi connectivity index (χ4n) is 2.78. The Balaban J connectivity index is 1.96. The molecule has 1 aromatic heterocycles. The van der Waals surface area contributed by atoms with Gasteiger partial charge in [-0.15, -0.1) is 0 Å². The number of hydrogen-bond acceptors (Lipinski definition) is 4. The zero-order valence-corrected chi connectivity index (χ0v) is 13.1. The number of likely N-dealkylation sites (tertiary alicyclic amines) is 1. The van der Waals surface area contributed by atoms with Gasteiger partial charge in [0.1, 0.15) is 11.6 Å². The summed E-state index contributed by atoms with van der Waals surface area (Å²) in [6.07, 6.45) is 3.59. The SMILES string of the molecule is CCCNc1cccc(N(C)C2CCN(CC)CC2)n1. The Morgan fingerprint density at radius 3 is 2.70 bits per heavy atom. The summed E-state index contributed by atoms with van der Waals surface area (Å²) in [5.41, 5.74) is 0. The molecule has 0 atom stereocenters. The number of rotatable bonds is 6. The number of nitrogens with zero attached hydrogens (tertiary/aromatic N) is 3. The van der Waals surface area contributed by atoms with Crippen LogP contribution in [-0.4, -0.2) is 49.2 Å². The van der Waals surface area contributed by atoms with Crippen molar-refractivity contribution in [3.63, 3.8) is 0 Å². The minimum Gasteiger partial charge on any atom is -0.370 e. The molecule has 4 heteroatoms. The van der Waals surface area contributed by atoms with Crippen molar-refractivity contribution in [2.24, 2.45) is 0 Å². The first-order valence-corrected chi connectivity index (χ1v) is 7.90. The van der Waals surface area contributed by atoms with Crippen molar-refractivity contribution in [2.45, 2.75) is 39.2 Å². The van der Waals surface area contributed by atoms with E-state index in [1.807, 2.05) is 6.07 Å². The Kier molecular flexibility index (Phi) is 5.65. The predicted molar refractivity (Wildman–Crippen MR) is 86.6 cm³/mol. The number of piperidine rings is 1. The van der Waals surface area contributed by atoms with Crippen molar-refractivity contribution in [1.29, 1.82) is 0 Å². The van der Waals surface area contributed by atoms with Gasteiger partial charge in [-0.25, -0.2) is 4.98 Å². The molecule has 0 amide bonds. The Bertz CT molecular complexity index is 399. The molecule has 20 heavy (non-hydrogen) atoms. The van der Waals surface area contributed by atoms with Crippen LogP contribution in [0.1, 0.15) is 33.1 Å². The second kappa shape index (κ2) is 7.48. The van der Waals surface area contributed by atoms with Crippen LogP contribution in [0, 0.1) is 0 Å². The van der Waals surface area contributed by atoms with E-state index in [4.69, 9.17) is 4.98 Å². The molecule has 1 aliphatic rings. The van der Waals surface area contributed by atoms with Gasteiger partial charge < -0.3 is 15.1 Å². The van der Waals surface area contributed by atoms with Crippen LogP contribution in [0.15, 0.2) is 18.2 Å². The average molecular weight is 276 g/mol. The topological polar surface area (TPSA) is 31.4 Å². The average Bonchev–Trinajstić information content (AvgIpc) is 2.52. The van der Waals surface area contributed by atoms with Crippen LogP contribution in [0.5, 0.6) is 0 Å². The van der Waals surface area contributed by atoms with Gasteiger partial charge in [0.25, 0.3) is 0 Å². The molecule has 1 N–H and O–H groups in total. The summed E-state index contributed by atoms with van der Waals surface area (Å²) in [7, 11) is 2.18. The minimum absolute atomic E-state index is 0.617. The summed E-state index contributed by atoms with van der Waals surface area (Å²) in [6, 6.07) is 6.88. The summed E-state index contributed by atoms with van der Waals surface area (Å²) < 4.78 is 0. The number of anilines is 2. The van der Waals surface area contributed by atoms with Crippen LogP contribution in [0.3, 0.4) is 0 Å². The maximum absolute atomic E-state index is 4.73. The van der Waals surface area contributed by atoms with E-state index in [0.717, 1.165) is 24.6 Å². The van der Waals surface area contributed by atoms with E-state index in [0.29, 0.717) is 6.04 Å². The minimum atomic E-state index is 0.617. The van der Waals surface area contributed by atoms with Crippen molar-refractivity contribution in [3.05, 3.63) is 18.2 Å². The highest BCUT2D eigenvalue weighted by atomic mass is 15.2. The van der Waals surface area contributed by atoms with Crippen molar-refractivity contribution in [3.8, 4) is 0 Å². The zero-order chi connectivity index (χ0) is 14.4. The number of aromatic nitrogens is 1. The van der Waals surface area contributed by atoms with Crippen LogP contribution < -0.4 is 10.2 Å². The summed E-state index contributed by atoms with van der Waals surface area (Å²) in [4.78, 5) is 9.60. The molecular weight excluding hydrogens is 248 g/mol. The maximum atomic E-state index is 4.73. The highest BCUT2D eigenvalue weighted by molar-refractivity contribution is 5.47. The van der Waals surface area contributed by atoms with Gasteiger partial charge in [0.05, 0.1) is 0 Å². The lowest BCUT2D eigenvalue weighted by atomic mass is 10.0. The third-order valence-corrected chi connectivity index (χ3v) is 4.20. The molecule has 0 aromatic carbocycles. The van der Waals surface area contributed by atoms with E-state index in [1.165, 1.54) is 32.5 Å². The molecule has 2 heterocycles. The standard InChI is InChI=1S/C16H28N4/c1-4-11-17-15-7-6-8-16(18-15)19(3)14-9-12-20(5-2)13-10-14/h6-8,14H,4-5,9-13H2,1-3H3,(H,17,18). The predicted octanol–water partition coefficient (Wildman–Crippen LogP) is 2.82. The van der Waals surface area contributed by atoms with Gasteiger partial charge in [0.2, 0.25) is 0 Å². The normalized spacial score (nSPS) is 17.1. The molecule has 2 rings (SSSR count). The van der Waals surface area contributed by atoms with Gasteiger partial charge >= 0.3 is 0 Å². The Morgan fingerprint density at radius 2 is 2.05 bits per heavy atom. The van der Waals surface area contributed by atoms with E-state index in [9.17, 15) is 0 Å². The van der Waals surface area contributed by atoms with E-state index in [2.05, 4.69) is 48.1 Å². The van der Waals surface area contributed by atoms with Gasteiger partial charge in [-0.05, 0) is 37.9 Å². The number of hydrogen-bond donors (Lipinski definition) is 1. The fraction of sp³-hybridized carbons (Fsp3) is 0.688. The molecule has 1 aromatic rings. The largest absolute Gasteiger partial charge is 0.370 e. The van der Waals surface area contributed by atoms with Crippen LogP contribution >= 0.6 is 0 Å². The molecule has 1 fully saturated rings. The lowest BCUT2D eigenvalue weighted by Gasteiger charge is -2.37. The molecule has 0 saturated carbocycles. The molecule has 0 unspecified atom stereocenters. The van der Waals surface area contributed by atoms with Crippen molar-refractivity contribution < 1.29 is 0 Å². The van der Waals surface area contributed by atoms with Gasteiger partial charge in [0.15, 0.2) is 0 Å². The van der Waals surface area contributed by atoms with Crippen LogP contribution in [0.2, 0.25) is 0 Å². The molecular formula is C16H28N4. The van der Waals surface area contributed by atoms with E-state index < -0.39 is 0 Å². The zero-order valence-electron chi connectivity index (χ0n) is 13.1. The van der Waals surface area contributed by atoms with Crippen molar-refractivity contribution >= 4 is 11.6 Å². The second-order valence-corrected chi connectivity index (χ2v) is 5.58. The van der Waals surface area contributed by atoms with Gasteiger partial charge in [-0.1, -0.05) is 19.9 Å². The summed E-state index contributed by atoms with van der Waals surface area (Å²) in [5.74, 6) is 2.07. The lowest BCUT2D eigenvalue weighted by molar-refractivity contribution is 0.220. The molecule has 1 saturated heterocycles. The number of pyridine rings is 1. The van der Waals surface area contributed by atoms with Crippen LogP contribution in [-0.2, 0) is 0 Å². The third kappa shape index (κ3) is 3.85. The summed E-state index contributed by atoms with van der Waals surface area (Å²) in [6.45, 7) is 8.98. The third-order valence-electron chi connectivity index (χ3n) is 4.20. The molecule has 0 spiro atoms. The second-order valence-electron chi connectivity index (χ2n) is 5.58. The van der Waals surface area contributed by atoms with Crippen LogP contribution in [0.25, 0.3) is 0 Å². The highest BCUT2D eigenvalue weighted by Crippen LogP contribution is 2.21. The van der Waals surface area contributed by atoms with E-state index >= 15 is 0 Å². The van der Waals surface area contributed by atoms with Gasteiger partial charge in [-0.2, -0.15) is 0 Å². The van der Waals surface area contributed by atoms with Crippen LogP contribution in [0.4, 0.5) is 11.6 Å². The van der Waals surface area contributed by atoms with Gasteiger partial charge in [0, 0.05) is 32.7 Å². The molecule has 1 aliphatic heterocycles. The lowest BCUT2D eigenvalue weighted by Crippen LogP contribution is -2.43. The van der Waals surface area contributed by atoms with Crippen molar-refractivity contribution in [1.82, 2.24) is 9.88 Å². The molecule has 0 radical (unpaired) electrons. The quantitative estimate of drug-likeness (QED) is 0.866. The molecule has 0 aliphatic carbocycles. The molecule has 4 nitrogen and oxygen atoms in total. The van der Waals surface area contributed by atoms with Crippen molar-refractivity contribution in [2.75, 3.05) is 43.4 Å². The first kappa shape index (κ1) is 15.1. The first-order valence-electron chi connectivity index (χ1n) is 7.90. The highest BCUT2D eigenvalue weighted by Gasteiger charge is 2.22. The van der Waals surface area contributed by atoms with E-state index in [1.54, 1.807) is 0 Å². The monoisotopic (exact) mass is 276 g/mol. The number of nitrogens with one attached hydrogen (secondary N) is 1. The smallest absolute Gasteiger partial charge is 0.130 e. The Hall–Kier alpha value is -1.29. The fourth-order valence-corrected chi connectivity index (χ4v) is 2.78. The van der Waals surface area contributed by atoms with E-state index in [-0.39, 0.29) is 0 Å². The first-order chi connectivity index (χ1) is 9.74. The summed E-state index contributed by atoms with van der Waals surface area (Å²) in [5, 5.41) is 3.36.